The number of hydrogen-bond acceptors (Lipinski definition) is 6. The molecule has 2 N–H and O–H groups in total. The number of fused-ring (bicyclic) bond motifs is 1. The number of rotatable bonds is 5. The predicted molar refractivity (Wildman–Crippen MR) is 78.8 cm³/mol. The highest BCUT2D eigenvalue weighted by atomic mass is 16.5. The second kappa shape index (κ2) is 5.76. The quantitative estimate of drug-likeness (QED) is 0.733. The molecule has 7 heteroatoms. The highest BCUT2D eigenvalue weighted by Crippen LogP contribution is 2.22. The van der Waals surface area contributed by atoms with Crippen LogP contribution in [0.2, 0.25) is 0 Å². The van der Waals surface area contributed by atoms with Gasteiger partial charge in [-0.1, -0.05) is 0 Å². The number of hydrogen-bond donors (Lipinski definition) is 2. The van der Waals surface area contributed by atoms with E-state index in [4.69, 9.17) is 9.84 Å². The standard InChI is InChI=1S/C14H15N5O2/c1-21-11-4-2-10(3-5-11)19-14-12(8-18-19)13(15-6-7-20)16-9-17-14/h2-5,8-9,20H,6-7H2,1H3,(H,15,16,17). The Balaban J connectivity index is 2.03. The maximum absolute atomic E-state index is 8.89. The van der Waals surface area contributed by atoms with Gasteiger partial charge in [0, 0.05) is 6.54 Å². The summed E-state index contributed by atoms with van der Waals surface area (Å²) in [5, 5.41) is 17.1. The summed E-state index contributed by atoms with van der Waals surface area (Å²) in [6.45, 7) is 0.470. The zero-order valence-electron chi connectivity index (χ0n) is 11.5. The molecule has 2 aromatic heterocycles. The van der Waals surface area contributed by atoms with Gasteiger partial charge in [-0.05, 0) is 24.3 Å². The van der Waals surface area contributed by atoms with Crippen molar-refractivity contribution in [2.24, 2.45) is 0 Å². The van der Waals surface area contributed by atoms with Crippen molar-refractivity contribution in [3.05, 3.63) is 36.8 Å². The van der Waals surface area contributed by atoms with Gasteiger partial charge in [0.1, 0.15) is 17.9 Å². The van der Waals surface area contributed by atoms with Crippen LogP contribution in [-0.4, -0.2) is 45.1 Å². The number of ether oxygens (including phenoxy) is 1. The van der Waals surface area contributed by atoms with E-state index in [1.165, 1.54) is 6.33 Å². The number of methoxy groups -OCH3 is 1. The Bertz CT molecular complexity index is 739. The van der Waals surface area contributed by atoms with Gasteiger partial charge < -0.3 is 15.2 Å². The highest BCUT2D eigenvalue weighted by Gasteiger charge is 2.10. The molecule has 0 fully saturated rings. The van der Waals surface area contributed by atoms with Gasteiger partial charge in [-0.2, -0.15) is 5.10 Å². The zero-order chi connectivity index (χ0) is 14.7. The molecule has 0 unspecified atom stereocenters. The van der Waals surface area contributed by atoms with E-state index in [0.717, 1.165) is 16.8 Å². The third kappa shape index (κ3) is 2.50. The summed E-state index contributed by atoms with van der Waals surface area (Å²) in [5.41, 5.74) is 1.59. The van der Waals surface area contributed by atoms with E-state index in [0.29, 0.717) is 18.0 Å². The van der Waals surface area contributed by atoms with Crippen molar-refractivity contribution in [1.29, 1.82) is 0 Å². The monoisotopic (exact) mass is 285 g/mol. The van der Waals surface area contributed by atoms with E-state index in [-0.39, 0.29) is 6.61 Å². The summed E-state index contributed by atoms with van der Waals surface area (Å²) in [4.78, 5) is 8.46. The second-order valence-corrected chi connectivity index (χ2v) is 4.36. The topological polar surface area (TPSA) is 85.1 Å². The summed E-state index contributed by atoms with van der Waals surface area (Å²) in [5.74, 6) is 1.45. The Kier molecular flexibility index (Phi) is 3.65. The van der Waals surface area contributed by atoms with Gasteiger partial charge in [-0.25, -0.2) is 14.6 Å². The fourth-order valence-electron chi connectivity index (χ4n) is 2.07. The number of nitrogens with zero attached hydrogens (tertiary/aromatic N) is 4. The zero-order valence-corrected chi connectivity index (χ0v) is 11.5. The highest BCUT2D eigenvalue weighted by molar-refractivity contribution is 5.87. The SMILES string of the molecule is COc1ccc(-n2ncc3c(NCCO)ncnc32)cc1. The molecule has 0 aliphatic carbocycles. The first-order valence-corrected chi connectivity index (χ1v) is 6.51. The Morgan fingerprint density at radius 1 is 1.24 bits per heavy atom. The molecule has 0 aliphatic rings. The summed E-state index contributed by atoms with van der Waals surface area (Å²) >= 11 is 0. The maximum Gasteiger partial charge on any atom is 0.168 e. The van der Waals surface area contributed by atoms with Crippen LogP contribution in [0.15, 0.2) is 36.8 Å². The van der Waals surface area contributed by atoms with Crippen LogP contribution < -0.4 is 10.1 Å². The van der Waals surface area contributed by atoms with Crippen LogP contribution in [0.4, 0.5) is 5.82 Å². The van der Waals surface area contributed by atoms with Crippen molar-refractivity contribution in [2.45, 2.75) is 0 Å². The van der Waals surface area contributed by atoms with E-state index >= 15 is 0 Å². The molecular formula is C14H15N5O2. The third-order valence-electron chi connectivity index (χ3n) is 3.09. The van der Waals surface area contributed by atoms with Crippen LogP contribution in [0, 0.1) is 0 Å². The molecule has 3 aromatic rings. The molecular weight excluding hydrogens is 270 g/mol. The second-order valence-electron chi connectivity index (χ2n) is 4.36. The van der Waals surface area contributed by atoms with Gasteiger partial charge in [0.05, 0.1) is 31.0 Å². The first-order chi connectivity index (χ1) is 10.3. The average Bonchev–Trinajstić information content (AvgIpc) is 2.97. The van der Waals surface area contributed by atoms with E-state index in [2.05, 4.69) is 20.4 Å². The summed E-state index contributed by atoms with van der Waals surface area (Å²) < 4.78 is 6.89. The molecule has 0 amide bonds. The molecule has 0 aliphatic heterocycles. The van der Waals surface area contributed by atoms with Crippen molar-refractivity contribution in [2.75, 3.05) is 25.6 Å². The van der Waals surface area contributed by atoms with Crippen molar-refractivity contribution < 1.29 is 9.84 Å². The number of aliphatic hydroxyl groups is 1. The molecule has 7 nitrogen and oxygen atoms in total. The average molecular weight is 285 g/mol. The van der Waals surface area contributed by atoms with Gasteiger partial charge in [0.2, 0.25) is 0 Å². The minimum atomic E-state index is 0.0398. The number of anilines is 1. The molecule has 1 aromatic carbocycles. The molecule has 0 saturated heterocycles. The van der Waals surface area contributed by atoms with Crippen LogP contribution >= 0.6 is 0 Å². The molecule has 0 radical (unpaired) electrons. The summed E-state index contributed by atoms with van der Waals surface area (Å²) in [6.07, 6.45) is 3.18. The van der Waals surface area contributed by atoms with Crippen LogP contribution in [0.5, 0.6) is 5.75 Å². The van der Waals surface area contributed by atoms with E-state index in [1.54, 1.807) is 18.0 Å². The molecule has 3 rings (SSSR count). The minimum absolute atomic E-state index is 0.0398. The lowest BCUT2D eigenvalue weighted by Gasteiger charge is -2.06. The number of aliphatic hydroxyl groups excluding tert-OH is 1. The molecule has 0 atom stereocenters. The lowest BCUT2D eigenvalue weighted by atomic mass is 10.3. The van der Waals surface area contributed by atoms with Crippen molar-refractivity contribution >= 4 is 16.9 Å². The van der Waals surface area contributed by atoms with Crippen LogP contribution in [-0.2, 0) is 0 Å². The molecule has 2 heterocycles. The minimum Gasteiger partial charge on any atom is -0.497 e. The first kappa shape index (κ1) is 13.3. The summed E-state index contributed by atoms with van der Waals surface area (Å²) in [7, 11) is 1.63. The van der Waals surface area contributed by atoms with E-state index < -0.39 is 0 Å². The molecule has 0 spiro atoms. The molecule has 21 heavy (non-hydrogen) atoms. The Morgan fingerprint density at radius 3 is 2.76 bits per heavy atom. The van der Waals surface area contributed by atoms with Gasteiger partial charge in [-0.3, -0.25) is 0 Å². The van der Waals surface area contributed by atoms with E-state index in [9.17, 15) is 0 Å². The van der Waals surface area contributed by atoms with Crippen LogP contribution in [0.3, 0.4) is 0 Å². The normalized spacial score (nSPS) is 10.8. The van der Waals surface area contributed by atoms with Crippen LogP contribution in [0.1, 0.15) is 0 Å². The Hall–Kier alpha value is -2.67. The van der Waals surface area contributed by atoms with Gasteiger partial charge in [0.15, 0.2) is 5.65 Å². The van der Waals surface area contributed by atoms with Crippen molar-refractivity contribution in [3.63, 3.8) is 0 Å². The van der Waals surface area contributed by atoms with Gasteiger partial charge >= 0.3 is 0 Å². The van der Waals surface area contributed by atoms with Gasteiger partial charge in [0.25, 0.3) is 0 Å². The van der Waals surface area contributed by atoms with Gasteiger partial charge in [-0.15, -0.1) is 0 Å². The maximum atomic E-state index is 8.89. The summed E-state index contributed by atoms with van der Waals surface area (Å²) in [6, 6.07) is 7.56. The smallest absolute Gasteiger partial charge is 0.168 e. The third-order valence-corrected chi connectivity index (χ3v) is 3.09. The fourth-order valence-corrected chi connectivity index (χ4v) is 2.07. The van der Waals surface area contributed by atoms with Crippen LogP contribution in [0.25, 0.3) is 16.7 Å². The predicted octanol–water partition coefficient (Wildman–Crippen LogP) is 1.23. The lowest BCUT2D eigenvalue weighted by molar-refractivity contribution is 0.311. The van der Waals surface area contributed by atoms with Crippen molar-refractivity contribution in [1.82, 2.24) is 19.7 Å². The molecule has 0 saturated carbocycles. The van der Waals surface area contributed by atoms with Crippen molar-refractivity contribution in [3.8, 4) is 11.4 Å². The number of aromatic nitrogens is 4. The largest absolute Gasteiger partial charge is 0.497 e. The first-order valence-electron chi connectivity index (χ1n) is 6.51. The molecule has 108 valence electrons. The Labute approximate surface area is 121 Å². The number of benzene rings is 1. The lowest BCUT2D eigenvalue weighted by Crippen LogP contribution is -2.07. The van der Waals surface area contributed by atoms with E-state index in [1.807, 2.05) is 24.3 Å². The Morgan fingerprint density at radius 2 is 2.05 bits per heavy atom. The fraction of sp³-hybridized carbons (Fsp3) is 0.214. The molecule has 0 bridgehead atoms. The number of nitrogens with one attached hydrogen (secondary N) is 1.